The second-order valence-corrected chi connectivity index (χ2v) is 9.63. The van der Waals surface area contributed by atoms with Crippen LogP contribution in [0.2, 0.25) is 0 Å². The third-order valence-electron chi connectivity index (χ3n) is 6.82. The van der Waals surface area contributed by atoms with Crippen molar-refractivity contribution < 1.29 is 45.7 Å². The van der Waals surface area contributed by atoms with Gasteiger partial charge in [0.2, 0.25) is 0 Å². The number of aliphatic hydroxyl groups is 1. The number of amides is 1. The van der Waals surface area contributed by atoms with E-state index < -0.39 is 47.3 Å². The van der Waals surface area contributed by atoms with Crippen molar-refractivity contribution in [3.8, 4) is 17.0 Å². The number of carbonyl (C=O) groups excluding carboxylic acids is 1. The number of aromatic nitrogens is 1. The number of nitrogens with zero attached hydrogens (tertiary/aromatic N) is 1. The number of hydrogen-bond acceptors (Lipinski definition) is 4. The molecule has 2 aliphatic rings. The summed E-state index contributed by atoms with van der Waals surface area (Å²) in [4.78, 5) is 12.5. The van der Waals surface area contributed by atoms with Gasteiger partial charge in [0.1, 0.15) is 0 Å². The highest BCUT2D eigenvalue weighted by Crippen LogP contribution is 2.43. The number of ether oxygens (including phenoxy) is 2. The molecule has 12 heteroatoms. The van der Waals surface area contributed by atoms with Crippen LogP contribution < -0.4 is 10.1 Å². The quantitative estimate of drug-likeness (QED) is 0.432. The van der Waals surface area contributed by atoms with Crippen molar-refractivity contribution >= 4 is 6.09 Å². The van der Waals surface area contributed by atoms with E-state index in [1.54, 1.807) is 6.92 Å². The van der Waals surface area contributed by atoms with Crippen LogP contribution in [-0.2, 0) is 23.6 Å². The molecule has 2 unspecified atom stereocenters. The van der Waals surface area contributed by atoms with Gasteiger partial charge in [-0.2, -0.15) is 26.3 Å². The summed E-state index contributed by atoms with van der Waals surface area (Å²) in [5, 5.41) is 12.7. The Hall–Kier alpha value is -2.73. The molecular formula is C25H28F6N2O4. The number of benzene rings is 1. The molecule has 37 heavy (non-hydrogen) atoms. The molecule has 204 valence electrons. The summed E-state index contributed by atoms with van der Waals surface area (Å²) in [6.45, 7) is 3.63. The van der Waals surface area contributed by atoms with E-state index >= 15 is 0 Å². The molecule has 2 heterocycles. The SMILES string of the molecule is Cc1c(OC(=O)NC(C)C(O)C2CC2)cc(-c2cc(C(F)(F)F)ccc2C(F)(F)F)n1C[C@H]1CCCO1. The molecule has 2 N–H and O–H groups in total. The Balaban J connectivity index is 1.73. The number of aliphatic hydroxyl groups excluding tert-OH is 1. The van der Waals surface area contributed by atoms with Crippen molar-refractivity contribution in [3.05, 3.63) is 41.1 Å². The first-order valence-electron chi connectivity index (χ1n) is 12.0. The summed E-state index contributed by atoms with van der Waals surface area (Å²) in [7, 11) is 0. The molecule has 6 nitrogen and oxygen atoms in total. The van der Waals surface area contributed by atoms with Crippen molar-refractivity contribution in [3.63, 3.8) is 0 Å². The highest BCUT2D eigenvalue weighted by Gasteiger charge is 2.39. The van der Waals surface area contributed by atoms with Gasteiger partial charge in [0.25, 0.3) is 0 Å². The van der Waals surface area contributed by atoms with E-state index in [0.29, 0.717) is 31.2 Å². The predicted octanol–water partition coefficient (Wildman–Crippen LogP) is 5.93. The zero-order chi connectivity index (χ0) is 27.1. The molecule has 1 aliphatic carbocycles. The minimum absolute atomic E-state index is 0.0660. The highest BCUT2D eigenvalue weighted by molar-refractivity contribution is 5.74. The number of alkyl halides is 6. The smallest absolute Gasteiger partial charge is 0.408 e. The van der Waals surface area contributed by atoms with E-state index in [1.807, 2.05) is 0 Å². The molecule has 4 rings (SSSR count). The molecule has 1 saturated carbocycles. The lowest BCUT2D eigenvalue weighted by Crippen LogP contribution is -2.43. The lowest BCUT2D eigenvalue weighted by atomic mass is 10.00. The zero-order valence-corrected chi connectivity index (χ0v) is 20.2. The van der Waals surface area contributed by atoms with Gasteiger partial charge in [-0.05, 0) is 63.6 Å². The van der Waals surface area contributed by atoms with Crippen LogP contribution in [0.4, 0.5) is 31.1 Å². The van der Waals surface area contributed by atoms with Crippen molar-refractivity contribution in [2.75, 3.05) is 6.61 Å². The average Bonchev–Trinajstić information content (AvgIpc) is 3.45. The molecule has 2 aromatic rings. The maximum Gasteiger partial charge on any atom is 0.417 e. The monoisotopic (exact) mass is 534 g/mol. The molecule has 1 aliphatic heterocycles. The summed E-state index contributed by atoms with van der Waals surface area (Å²) in [5.41, 5.74) is -3.09. The van der Waals surface area contributed by atoms with Gasteiger partial charge in [-0.25, -0.2) is 4.79 Å². The first-order chi connectivity index (χ1) is 17.3. The second-order valence-electron chi connectivity index (χ2n) is 9.63. The fraction of sp³-hybridized carbons (Fsp3) is 0.560. The van der Waals surface area contributed by atoms with Crippen molar-refractivity contribution in [1.29, 1.82) is 0 Å². The normalized spacial score (nSPS) is 20.1. The summed E-state index contributed by atoms with van der Waals surface area (Å²) in [5.74, 6) is -0.0259. The zero-order valence-electron chi connectivity index (χ0n) is 20.2. The minimum Gasteiger partial charge on any atom is -0.408 e. The second kappa shape index (κ2) is 10.2. The highest BCUT2D eigenvalue weighted by atomic mass is 19.4. The molecule has 1 aromatic heterocycles. The van der Waals surface area contributed by atoms with Crippen LogP contribution >= 0.6 is 0 Å². The Bertz CT molecular complexity index is 1130. The van der Waals surface area contributed by atoms with Crippen LogP contribution in [0.25, 0.3) is 11.3 Å². The summed E-state index contributed by atoms with van der Waals surface area (Å²) in [6.07, 6.45) is -8.81. The van der Waals surface area contributed by atoms with E-state index in [0.717, 1.165) is 25.3 Å². The number of nitrogens with one attached hydrogen (secondary N) is 1. The molecule has 1 amide bonds. The first kappa shape index (κ1) is 27.3. The van der Waals surface area contributed by atoms with Gasteiger partial charge >= 0.3 is 18.4 Å². The van der Waals surface area contributed by atoms with Gasteiger partial charge in [0.15, 0.2) is 5.75 Å². The van der Waals surface area contributed by atoms with Gasteiger partial charge in [0, 0.05) is 24.8 Å². The lowest BCUT2D eigenvalue weighted by molar-refractivity contribution is -0.141. The molecule has 3 atom stereocenters. The molecule has 0 radical (unpaired) electrons. The van der Waals surface area contributed by atoms with E-state index in [4.69, 9.17) is 9.47 Å². The van der Waals surface area contributed by atoms with E-state index in [1.165, 1.54) is 11.5 Å². The topological polar surface area (TPSA) is 72.7 Å². The maximum absolute atomic E-state index is 13.9. The third kappa shape index (κ3) is 6.23. The average molecular weight is 534 g/mol. The van der Waals surface area contributed by atoms with E-state index in [9.17, 15) is 36.2 Å². The third-order valence-corrected chi connectivity index (χ3v) is 6.82. The number of carbonyl (C=O) groups is 1. The van der Waals surface area contributed by atoms with Crippen LogP contribution in [0.15, 0.2) is 24.3 Å². The minimum atomic E-state index is -4.93. The van der Waals surface area contributed by atoms with Crippen LogP contribution in [-0.4, -0.2) is 40.6 Å². The summed E-state index contributed by atoms with van der Waals surface area (Å²) >= 11 is 0. The Labute approximate surface area is 209 Å². The Morgan fingerprint density at radius 2 is 1.86 bits per heavy atom. The van der Waals surface area contributed by atoms with Crippen molar-refractivity contribution in [2.45, 2.75) is 76.7 Å². The van der Waals surface area contributed by atoms with Gasteiger partial charge in [-0.3, -0.25) is 0 Å². The number of hydrogen-bond donors (Lipinski definition) is 2. The Morgan fingerprint density at radius 1 is 1.16 bits per heavy atom. The molecule has 2 fully saturated rings. The largest absolute Gasteiger partial charge is 0.417 e. The van der Waals surface area contributed by atoms with Crippen LogP contribution in [0.5, 0.6) is 5.75 Å². The van der Waals surface area contributed by atoms with E-state index in [2.05, 4.69) is 5.32 Å². The molecule has 1 saturated heterocycles. The van der Waals surface area contributed by atoms with Crippen molar-refractivity contribution in [2.24, 2.45) is 5.92 Å². The fourth-order valence-corrected chi connectivity index (χ4v) is 4.60. The number of rotatable bonds is 7. The predicted molar refractivity (Wildman–Crippen MR) is 121 cm³/mol. The Morgan fingerprint density at radius 3 is 2.43 bits per heavy atom. The van der Waals surface area contributed by atoms with Crippen LogP contribution in [0.1, 0.15) is 49.4 Å². The van der Waals surface area contributed by atoms with Crippen LogP contribution in [0, 0.1) is 12.8 Å². The number of halogens is 6. The molecule has 0 spiro atoms. The molecule has 0 bridgehead atoms. The Kier molecular flexibility index (Phi) is 7.53. The van der Waals surface area contributed by atoms with Crippen LogP contribution in [0.3, 0.4) is 0 Å². The maximum atomic E-state index is 13.9. The van der Waals surface area contributed by atoms with E-state index in [-0.39, 0.29) is 35.7 Å². The molecule has 1 aromatic carbocycles. The fourth-order valence-electron chi connectivity index (χ4n) is 4.60. The molecular weight excluding hydrogens is 506 g/mol. The van der Waals surface area contributed by atoms with Gasteiger partial charge in [-0.15, -0.1) is 0 Å². The lowest BCUT2D eigenvalue weighted by Gasteiger charge is -2.20. The summed E-state index contributed by atoms with van der Waals surface area (Å²) in [6, 6.07) is 1.77. The standard InChI is InChI=1S/C25H28F6N2O4/c1-13(22(34)15-5-6-15)32-23(35)37-21-11-20(33(14(21)2)12-17-4-3-9-36-17)18-10-16(24(26,27)28)7-8-19(18)25(29,30)31/h7-8,10-11,13,15,17,22,34H,3-6,9,12H2,1-2H3,(H,32,35)/t13?,17-,22?/m1/s1. The van der Waals surface area contributed by atoms with Gasteiger partial charge < -0.3 is 24.5 Å². The van der Waals surface area contributed by atoms with Gasteiger partial charge in [-0.1, -0.05) is 0 Å². The van der Waals surface area contributed by atoms with Crippen molar-refractivity contribution in [1.82, 2.24) is 9.88 Å². The first-order valence-corrected chi connectivity index (χ1v) is 12.0. The van der Waals surface area contributed by atoms with Gasteiger partial charge in [0.05, 0.1) is 40.8 Å². The summed E-state index contributed by atoms with van der Waals surface area (Å²) < 4.78 is 94.3.